The van der Waals surface area contributed by atoms with E-state index in [2.05, 4.69) is 36.9 Å². The van der Waals surface area contributed by atoms with Crippen LogP contribution in [0.3, 0.4) is 0 Å². The molecule has 0 aromatic rings. The van der Waals surface area contributed by atoms with E-state index in [-0.39, 0.29) is 5.91 Å². The van der Waals surface area contributed by atoms with Crippen molar-refractivity contribution in [3.63, 3.8) is 0 Å². The van der Waals surface area contributed by atoms with Crippen molar-refractivity contribution in [2.75, 3.05) is 33.7 Å². The van der Waals surface area contributed by atoms with E-state index < -0.39 is 0 Å². The van der Waals surface area contributed by atoms with Gasteiger partial charge in [0.15, 0.2) is 0 Å². The average molecular weight is 192 g/mol. The molecule has 0 aromatic carbocycles. The van der Waals surface area contributed by atoms with Gasteiger partial charge in [0.2, 0.25) is 5.91 Å². The van der Waals surface area contributed by atoms with E-state index in [0.717, 1.165) is 13.1 Å². The Hall–Kier alpha value is -0.260. The minimum absolute atomic E-state index is 0.0813. The van der Waals surface area contributed by atoms with Crippen LogP contribution in [0.4, 0.5) is 0 Å². The van der Waals surface area contributed by atoms with Crippen molar-refractivity contribution in [3.8, 4) is 0 Å². The minimum Gasteiger partial charge on any atom is -0.350 e. The molecule has 72 valence electrons. The van der Waals surface area contributed by atoms with Gasteiger partial charge in [0.1, 0.15) is 0 Å². The number of hydrogen-bond acceptors (Lipinski definition) is 3. The molecule has 0 aliphatic rings. The van der Waals surface area contributed by atoms with E-state index in [1.165, 1.54) is 4.90 Å². The van der Waals surface area contributed by atoms with Crippen LogP contribution in [0.5, 0.6) is 0 Å². The summed E-state index contributed by atoms with van der Waals surface area (Å²) >= 11 is 3.78. The Morgan fingerprint density at radius 2 is 2.08 bits per heavy atom. The molecular formula is C7H18N3OS+. The third kappa shape index (κ3) is 7.84. The first-order valence-corrected chi connectivity index (χ1v) is 4.54. The van der Waals surface area contributed by atoms with Crippen LogP contribution in [0.15, 0.2) is 0 Å². The van der Waals surface area contributed by atoms with E-state index in [4.69, 9.17) is 0 Å². The quantitative estimate of drug-likeness (QED) is 0.371. The number of rotatable bonds is 6. The Morgan fingerprint density at radius 3 is 2.58 bits per heavy atom. The van der Waals surface area contributed by atoms with Gasteiger partial charge in [0.05, 0.1) is 27.2 Å². The summed E-state index contributed by atoms with van der Waals surface area (Å²) in [6, 6.07) is 0. The van der Waals surface area contributed by atoms with E-state index >= 15 is 0 Å². The zero-order valence-electron chi connectivity index (χ0n) is 7.68. The molecule has 5 heteroatoms. The maximum atomic E-state index is 11.0. The number of hydrogen-bond donors (Lipinski definition) is 4. The Bertz CT molecular complexity index is 130. The molecule has 3 N–H and O–H groups in total. The van der Waals surface area contributed by atoms with Gasteiger partial charge in [-0.25, -0.2) is 0 Å². The molecule has 0 unspecified atom stereocenters. The molecule has 0 saturated carbocycles. The summed E-state index contributed by atoms with van der Waals surface area (Å²) in [5.41, 5.74) is 0. The lowest BCUT2D eigenvalue weighted by molar-refractivity contribution is -0.856. The second kappa shape index (κ2) is 7.39. The number of carbonyl (C=O) groups is 1. The van der Waals surface area contributed by atoms with Crippen LogP contribution < -0.4 is 14.9 Å². The van der Waals surface area contributed by atoms with Crippen LogP contribution >= 0.6 is 12.8 Å². The Labute approximate surface area is 79.2 Å². The average Bonchev–Trinajstić information content (AvgIpc) is 2.00. The van der Waals surface area contributed by atoms with E-state index in [9.17, 15) is 4.79 Å². The fourth-order valence-corrected chi connectivity index (χ4v) is 0.822. The summed E-state index contributed by atoms with van der Waals surface area (Å²) in [7, 11) is 4.11. The van der Waals surface area contributed by atoms with Gasteiger partial charge in [-0.2, -0.15) is 0 Å². The van der Waals surface area contributed by atoms with Crippen molar-refractivity contribution in [2.24, 2.45) is 0 Å². The number of amides is 1. The summed E-state index contributed by atoms with van der Waals surface area (Å²) < 4.78 is 2.63. The third-order valence-electron chi connectivity index (χ3n) is 1.41. The molecule has 0 atom stereocenters. The van der Waals surface area contributed by atoms with Crippen molar-refractivity contribution in [1.29, 1.82) is 0 Å². The maximum absolute atomic E-state index is 11.0. The fourth-order valence-electron chi connectivity index (χ4n) is 0.710. The van der Waals surface area contributed by atoms with Gasteiger partial charge in [-0.1, -0.05) is 12.8 Å². The highest BCUT2D eigenvalue weighted by Crippen LogP contribution is 1.76. The molecule has 0 aromatic heterocycles. The van der Waals surface area contributed by atoms with Crippen molar-refractivity contribution >= 4 is 18.7 Å². The third-order valence-corrected chi connectivity index (χ3v) is 1.63. The number of quaternary nitrogens is 1. The van der Waals surface area contributed by atoms with Crippen LogP contribution in [-0.2, 0) is 4.79 Å². The second-order valence-electron chi connectivity index (χ2n) is 2.97. The van der Waals surface area contributed by atoms with Crippen molar-refractivity contribution < 1.29 is 9.69 Å². The summed E-state index contributed by atoms with van der Waals surface area (Å²) in [6.45, 7) is 2.32. The largest absolute Gasteiger partial charge is 0.350 e. The summed E-state index contributed by atoms with van der Waals surface area (Å²) in [5.74, 6) is 0.0813. The van der Waals surface area contributed by atoms with Gasteiger partial charge in [-0.15, -0.1) is 0 Å². The standard InChI is InChI=1S/C7H17N3OS/c1-10(2)6-5-8-7(11)3-4-9-12/h9,12H,3-6H2,1-2H3,(H,8,11)/p+1. The molecule has 0 saturated heterocycles. The summed E-state index contributed by atoms with van der Waals surface area (Å²) in [6.07, 6.45) is 0.492. The lowest BCUT2D eigenvalue weighted by Crippen LogP contribution is -3.06. The first-order chi connectivity index (χ1) is 5.66. The fraction of sp³-hybridized carbons (Fsp3) is 0.857. The van der Waals surface area contributed by atoms with Crippen LogP contribution in [0.2, 0.25) is 0 Å². The predicted octanol–water partition coefficient (Wildman–Crippen LogP) is -1.93. The first kappa shape index (κ1) is 11.7. The first-order valence-electron chi connectivity index (χ1n) is 4.09. The van der Waals surface area contributed by atoms with Gasteiger partial charge in [-0.3, -0.25) is 9.52 Å². The van der Waals surface area contributed by atoms with E-state index in [1.54, 1.807) is 0 Å². The normalized spacial score (nSPS) is 10.3. The van der Waals surface area contributed by atoms with Gasteiger partial charge in [0, 0.05) is 13.0 Å². The van der Waals surface area contributed by atoms with Crippen LogP contribution in [0.25, 0.3) is 0 Å². The molecule has 0 fully saturated rings. The molecule has 1 amide bonds. The number of thiol groups is 1. The van der Waals surface area contributed by atoms with Crippen molar-refractivity contribution in [2.45, 2.75) is 6.42 Å². The van der Waals surface area contributed by atoms with Crippen LogP contribution in [0.1, 0.15) is 6.42 Å². The summed E-state index contributed by atoms with van der Waals surface area (Å²) in [5, 5.41) is 2.82. The van der Waals surface area contributed by atoms with Crippen molar-refractivity contribution in [3.05, 3.63) is 0 Å². The van der Waals surface area contributed by atoms with Crippen molar-refractivity contribution in [1.82, 2.24) is 10.0 Å². The molecule has 0 radical (unpaired) electrons. The molecular weight excluding hydrogens is 174 g/mol. The number of nitrogens with one attached hydrogen (secondary N) is 3. The predicted molar refractivity (Wildman–Crippen MR) is 52.3 cm³/mol. The highest BCUT2D eigenvalue weighted by molar-refractivity contribution is 7.78. The molecule has 0 spiro atoms. The Balaban J connectivity index is 3.20. The molecule has 4 nitrogen and oxygen atoms in total. The second-order valence-corrected chi connectivity index (χ2v) is 3.28. The maximum Gasteiger partial charge on any atom is 0.221 e. The zero-order valence-corrected chi connectivity index (χ0v) is 8.58. The monoisotopic (exact) mass is 192 g/mol. The van der Waals surface area contributed by atoms with Gasteiger partial charge >= 0.3 is 0 Å². The molecule has 0 heterocycles. The smallest absolute Gasteiger partial charge is 0.221 e. The summed E-state index contributed by atoms with van der Waals surface area (Å²) in [4.78, 5) is 12.3. The molecule has 0 aliphatic carbocycles. The SMILES string of the molecule is C[NH+](C)CCNC(=O)CCNS. The van der Waals surface area contributed by atoms with Gasteiger partial charge < -0.3 is 10.2 Å². The lowest BCUT2D eigenvalue weighted by Gasteiger charge is -2.07. The minimum atomic E-state index is 0.0813. The highest BCUT2D eigenvalue weighted by atomic mass is 32.1. The Morgan fingerprint density at radius 1 is 1.42 bits per heavy atom. The Kier molecular flexibility index (Phi) is 7.23. The number of carbonyl (C=O) groups excluding carboxylic acids is 1. The topological polar surface area (TPSA) is 45.6 Å². The molecule has 12 heavy (non-hydrogen) atoms. The highest BCUT2D eigenvalue weighted by Gasteiger charge is 1.99. The molecule has 0 bridgehead atoms. The lowest BCUT2D eigenvalue weighted by atomic mass is 10.4. The van der Waals surface area contributed by atoms with Gasteiger partial charge in [0.25, 0.3) is 0 Å². The van der Waals surface area contributed by atoms with E-state index in [1.807, 2.05) is 0 Å². The molecule has 0 rings (SSSR count). The van der Waals surface area contributed by atoms with E-state index in [0.29, 0.717) is 13.0 Å². The zero-order chi connectivity index (χ0) is 9.40. The number of likely N-dealkylation sites (N-methyl/N-ethyl adjacent to an activating group) is 1. The van der Waals surface area contributed by atoms with Gasteiger partial charge in [-0.05, 0) is 0 Å². The van der Waals surface area contributed by atoms with Crippen LogP contribution in [0, 0.1) is 0 Å². The molecule has 0 aliphatic heterocycles. The van der Waals surface area contributed by atoms with Crippen LogP contribution in [-0.4, -0.2) is 39.6 Å².